The van der Waals surface area contributed by atoms with Crippen molar-refractivity contribution in [3.05, 3.63) is 12.2 Å². The fourth-order valence-corrected chi connectivity index (χ4v) is 1.91. The van der Waals surface area contributed by atoms with Crippen LogP contribution < -0.4 is 0 Å². The van der Waals surface area contributed by atoms with E-state index in [1.54, 1.807) is 4.68 Å². The zero-order chi connectivity index (χ0) is 12.3. The molecule has 1 saturated heterocycles. The Morgan fingerprint density at radius 2 is 2.53 bits per heavy atom. The molecule has 0 aromatic carbocycles. The van der Waals surface area contributed by atoms with Crippen LogP contribution in [0.3, 0.4) is 0 Å². The second-order valence-electron chi connectivity index (χ2n) is 4.13. The van der Waals surface area contributed by atoms with Crippen LogP contribution in [0.15, 0.2) is 6.33 Å². The summed E-state index contributed by atoms with van der Waals surface area (Å²) in [5, 5.41) is 12.7. The van der Waals surface area contributed by atoms with Crippen LogP contribution in [0.2, 0.25) is 0 Å². The Morgan fingerprint density at radius 3 is 3.18 bits per heavy atom. The molecule has 7 nitrogen and oxygen atoms in total. The summed E-state index contributed by atoms with van der Waals surface area (Å²) >= 11 is 0. The van der Waals surface area contributed by atoms with E-state index >= 15 is 0 Å². The Morgan fingerprint density at radius 1 is 1.71 bits per heavy atom. The number of aromatic nitrogens is 3. The number of morpholine rings is 1. The number of aryl methyl sites for hydroxylation is 1. The average molecular weight is 240 g/mol. The van der Waals surface area contributed by atoms with Crippen molar-refractivity contribution in [1.82, 2.24) is 19.7 Å². The van der Waals surface area contributed by atoms with Gasteiger partial charge in [0.2, 0.25) is 0 Å². The molecule has 0 bridgehead atoms. The third kappa shape index (κ3) is 3.24. The standard InChI is InChI=1S/C10H16N4O3/c1-13-9(11-7-12-13)6-14-2-3-17-8(5-14)4-10(15)16/h7-8H,2-6H2,1H3,(H,15,16). The molecule has 7 heteroatoms. The van der Waals surface area contributed by atoms with Crippen molar-refractivity contribution >= 4 is 5.97 Å². The molecule has 1 fully saturated rings. The zero-order valence-electron chi connectivity index (χ0n) is 9.74. The van der Waals surface area contributed by atoms with E-state index in [0.717, 1.165) is 12.4 Å². The summed E-state index contributed by atoms with van der Waals surface area (Å²) in [6, 6.07) is 0. The van der Waals surface area contributed by atoms with E-state index in [0.29, 0.717) is 19.7 Å². The third-order valence-corrected chi connectivity index (χ3v) is 2.80. The van der Waals surface area contributed by atoms with Crippen molar-refractivity contribution in [2.24, 2.45) is 7.05 Å². The Labute approximate surface area is 99.0 Å². The van der Waals surface area contributed by atoms with Gasteiger partial charge >= 0.3 is 5.97 Å². The minimum atomic E-state index is -0.824. The van der Waals surface area contributed by atoms with Gasteiger partial charge in [0.1, 0.15) is 12.2 Å². The third-order valence-electron chi connectivity index (χ3n) is 2.80. The largest absolute Gasteiger partial charge is 0.481 e. The smallest absolute Gasteiger partial charge is 0.306 e. The summed E-state index contributed by atoms with van der Waals surface area (Å²) < 4.78 is 7.13. The van der Waals surface area contributed by atoms with Gasteiger partial charge in [0.25, 0.3) is 0 Å². The highest BCUT2D eigenvalue weighted by Gasteiger charge is 2.23. The first kappa shape index (κ1) is 12.0. The first-order valence-corrected chi connectivity index (χ1v) is 5.54. The van der Waals surface area contributed by atoms with Crippen LogP contribution in [0.4, 0.5) is 0 Å². The Balaban J connectivity index is 1.89. The van der Waals surface area contributed by atoms with E-state index in [1.165, 1.54) is 6.33 Å². The first-order chi connectivity index (χ1) is 8.15. The van der Waals surface area contributed by atoms with Gasteiger partial charge in [0.15, 0.2) is 0 Å². The number of hydrogen-bond acceptors (Lipinski definition) is 5. The summed E-state index contributed by atoms with van der Waals surface area (Å²) in [6.07, 6.45) is 1.34. The number of aliphatic carboxylic acids is 1. The Bertz CT molecular complexity index is 393. The van der Waals surface area contributed by atoms with Gasteiger partial charge in [-0.3, -0.25) is 14.4 Å². The maximum atomic E-state index is 10.6. The molecule has 0 aliphatic carbocycles. The molecule has 2 rings (SSSR count). The minimum absolute atomic E-state index is 0.0509. The molecule has 17 heavy (non-hydrogen) atoms. The van der Waals surface area contributed by atoms with E-state index in [-0.39, 0.29) is 12.5 Å². The molecular weight excluding hydrogens is 224 g/mol. The highest BCUT2D eigenvalue weighted by molar-refractivity contribution is 5.67. The van der Waals surface area contributed by atoms with Crippen LogP contribution in [-0.2, 0) is 23.1 Å². The molecule has 1 N–H and O–H groups in total. The topological polar surface area (TPSA) is 80.5 Å². The van der Waals surface area contributed by atoms with Crippen molar-refractivity contribution in [3.8, 4) is 0 Å². The summed E-state index contributed by atoms with van der Waals surface area (Å²) in [5.41, 5.74) is 0. The molecular formula is C10H16N4O3. The van der Waals surface area contributed by atoms with Gasteiger partial charge in [0, 0.05) is 20.1 Å². The Kier molecular flexibility index (Phi) is 3.70. The molecule has 1 aliphatic heterocycles. The fraction of sp³-hybridized carbons (Fsp3) is 0.700. The molecule has 1 unspecified atom stereocenters. The van der Waals surface area contributed by atoms with E-state index in [1.807, 2.05) is 7.05 Å². The van der Waals surface area contributed by atoms with E-state index in [4.69, 9.17) is 9.84 Å². The van der Waals surface area contributed by atoms with Crippen molar-refractivity contribution in [1.29, 1.82) is 0 Å². The second kappa shape index (κ2) is 5.24. The number of nitrogens with zero attached hydrogens (tertiary/aromatic N) is 4. The molecule has 1 aliphatic rings. The van der Waals surface area contributed by atoms with Gasteiger partial charge in [-0.15, -0.1) is 0 Å². The number of ether oxygens (including phenoxy) is 1. The van der Waals surface area contributed by atoms with Gasteiger partial charge in [-0.2, -0.15) is 5.10 Å². The van der Waals surface area contributed by atoms with Gasteiger partial charge in [-0.05, 0) is 0 Å². The van der Waals surface area contributed by atoms with Gasteiger partial charge < -0.3 is 9.84 Å². The molecule has 94 valence electrons. The van der Waals surface area contributed by atoms with Crippen LogP contribution >= 0.6 is 0 Å². The number of carboxylic acid groups (broad SMARTS) is 1. The zero-order valence-corrected chi connectivity index (χ0v) is 9.74. The van der Waals surface area contributed by atoms with E-state index in [9.17, 15) is 4.79 Å². The minimum Gasteiger partial charge on any atom is -0.481 e. The molecule has 1 aromatic heterocycles. The quantitative estimate of drug-likeness (QED) is 0.763. The Hall–Kier alpha value is -1.47. The maximum absolute atomic E-state index is 10.6. The SMILES string of the molecule is Cn1ncnc1CN1CCOC(CC(=O)O)C1. The predicted octanol–water partition coefficient (Wildman–Crippen LogP) is -0.509. The lowest BCUT2D eigenvalue weighted by Crippen LogP contribution is -2.43. The predicted molar refractivity (Wildman–Crippen MR) is 58.3 cm³/mol. The lowest BCUT2D eigenvalue weighted by Gasteiger charge is -2.31. The van der Waals surface area contributed by atoms with Crippen molar-refractivity contribution in [3.63, 3.8) is 0 Å². The van der Waals surface area contributed by atoms with Gasteiger partial charge in [-0.1, -0.05) is 0 Å². The number of carbonyl (C=O) groups is 1. The molecule has 1 atom stereocenters. The van der Waals surface area contributed by atoms with Crippen molar-refractivity contribution in [2.45, 2.75) is 19.1 Å². The molecule has 0 saturated carbocycles. The van der Waals surface area contributed by atoms with Crippen LogP contribution in [0.25, 0.3) is 0 Å². The normalized spacial score (nSPS) is 21.6. The van der Waals surface area contributed by atoms with Gasteiger partial charge in [-0.25, -0.2) is 4.98 Å². The number of carboxylic acids is 1. The van der Waals surface area contributed by atoms with Crippen LogP contribution in [0.5, 0.6) is 0 Å². The number of rotatable bonds is 4. The van der Waals surface area contributed by atoms with Crippen molar-refractivity contribution < 1.29 is 14.6 Å². The summed E-state index contributed by atoms with van der Waals surface area (Å²) in [4.78, 5) is 16.9. The molecule has 2 heterocycles. The summed E-state index contributed by atoms with van der Waals surface area (Å²) in [7, 11) is 1.84. The van der Waals surface area contributed by atoms with Crippen molar-refractivity contribution in [2.75, 3.05) is 19.7 Å². The molecule has 0 amide bonds. The van der Waals surface area contributed by atoms with Crippen LogP contribution in [0.1, 0.15) is 12.2 Å². The lowest BCUT2D eigenvalue weighted by atomic mass is 10.2. The average Bonchev–Trinajstić information content (AvgIpc) is 2.64. The van der Waals surface area contributed by atoms with E-state index < -0.39 is 5.97 Å². The summed E-state index contributed by atoms with van der Waals surface area (Å²) in [6.45, 7) is 2.66. The lowest BCUT2D eigenvalue weighted by molar-refractivity contribution is -0.142. The molecule has 0 radical (unpaired) electrons. The first-order valence-electron chi connectivity index (χ1n) is 5.54. The fourth-order valence-electron chi connectivity index (χ4n) is 1.91. The number of hydrogen-bond donors (Lipinski definition) is 1. The molecule has 0 spiro atoms. The van der Waals surface area contributed by atoms with Crippen LogP contribution in [0, 0.1) is 0 Å². The second-order valence-corrected chi connectivity index (χ2v) is 4.13. The highest BCUT2D eigenvalue weighted by Crippen LogP contribution is 2.11. The van der Waals surface area contributed by atoms with E-state index in [2.05, 4.69) is 15.0 Å². The highest BCUT2D eigenvalue weighted by atomic mass is 16.5. The monoisotopic (exact) mass is 240 g/mol. The summed E-state index contributed by atoms with van der Waals surface area (Å²) in [5.74, 6) is 0.0523. The van der Waals surface area contributed by atoms with Gasteiger partial charge in [0.05, 0.1) is 25.7 Å². The molecule has 1 aromatic rings. The maximum Gasteiger partial charge on any atom is 0.306 e. The van der Waals surface area contributed by atoms with Crippen LogP contribution in [-0.4, -0.2) is 56.5 Å².